The van der Waals surface area contributed by atoms with E-state index in [2.05, 4.69) is 94.5 Å². The molecule has 0 atom stereocenters. The van der Waals surface area contributed by atoms with E-state index in [1.54, 1.807) is 24.3 Å². The van der Waals surface area contributed by atoms with E-state index in [4.69, 9.17) is 9.72 Å². The quantitative estimate of drug-likeness (QED) is 0.119. The van der Waals surface area contributed by atoms with Crippen LogP contribution in [-0.2, 0) is 37.3 Å². The van der Waals surface area contributed by atoms with E-state index in [1.807, 2.05) is 10.9 Å². The molecule has 11 heteroatoms. The molecule has 0 radical (unpaired) electrons. The van der Waals surface area contributed by atoms with Crippen LogP contribution in [0.25, 0.3) is 22.2 Å². The van der Waals surface area contributed by atoms with Crippen LogP contribution >= 0.6 is 0 Å². The number of carbonyl (C=O) groups excluding carboxylic acids is 2. The van der Waals surface area contributed by atoms with Crippen LogP contribution in [0.5, 0.6) is 0 Å². The van der Waals surface area contributed by atoms with Crippen molar-refractivity contribution in [3.63, 3.8) is 0 Å². The average Bonchev–Trinajstić information content (AvgIpc) is 3.63. The van der Waals surface area contributed by atoms with Crippen LogP contribution in [0.4, 0.5) is 5.69 Å². The molecular formula is C43H52N8O3. The number of hydrogen-bond donors (Lipinski definition) is 4. The lowest BCUT2D eigenvalue weighted by Crippen LogP contribution is -2.42. The number of fused-ring (bicyclic) bond motifs is 1. The number of hydrogen-bond acceptors (Lipinski definition) is 8. The molecule has 4 heterocycles. The van der Waals surface area contributed by atoms with Gasteiger partial charge < -0.3 is 26.0 Å². The molecule has 5 aromatic rings. The molecular weight excluding hydrogens is 677 g/mol. The molecule has 0 aliphatic carbocycles. The molecule has 282 valence electrons. The molecule has 2 fully saturated rings. The number of anilines is 1. The van der Waals surface area contributed by atoms with Gasteiger partial charge in [0, 0.05) is 94.0 Å². The van der Waals surface area contributed by atoms with Gasteiger partial charge in [0.15, 0.2) is 5.65 Å². The van der Waals surface area contributed by atoms with Crippen LogP contribution in [0.15, 0.2) is 72.9 Å². The molecule has 0 saturated carbocycles. The number of aromatic nitrogens is 3. The third-order valence-corrected chi connectivity index (χ3v) is 10.5. The first-order chi connectivity index (χ1) is 26.4. The summed E-state index contributed by atoms with van der Waals surface area (Å²) in [6.07, 6.45) is 4.39. The lowest BCUT2D eigenvalue weighted by molar-refractivity contribution is 0.0904. The van der Waals surface area contributed by atoms with Crippen molar-refractivity contribution in [3.05, 3.63) is 112 Å². The fourth-order valence-electron chi connectivity index (χ4n) is 7.57. The molecule has 3 aromatic carbocycles. The van der Waals surface area contributed by atoms with E-state index >= 15 is 0 Å². The number of amides is 2. The molecule has 4 N–H and O–H groups in total. The van der Waals surface area contributed by atoms with Gasteiger partial charge in [0.2, 0.25) is 0 Å². The largest absolute Gasteiger partial charge is 0.381 e. The van der Waals surface area contributed by atoms with E-state index in [0.717, 1.165) is 103 Å². The van der Waals surface area contributed by atoms with Crippen LogP contribution < -0.4 is 21.3 Å². The minimum Gasteiger partial charge on any atom is -0.381 e. The molecule has 2 aliphatic rings. The lowest BCUT2D eigenvalue weighted by Gasteiger charge is -2.27. The topological polar surface area (TPSA) is 125 Å². The Morgan fingerprint density at radius 3 is 2.33 bits per heavy atom. The maximum absolute atomic E-state index is 13.6. The summed E-state index contributed by atoms with van der Waals surface area (Å²) in [5.41, 5.74) is 10.3. The van der Waals surface area contributed by atoms with Gasteiger partial charge >= 0.3 is 0 Å². The Kier molecular flexibility index (Phi) is 12.0. The molecule has 0 bridgehead atoms. The van der Waals surface area contributed by atoms with Gasteiger partial charge in [0.05, 0.1) is 17.3 Å². The Hall–Kier alpha value is -5.10. The first-order valence-corrected chi connectivity index (χ1v) is 19.4. The molecule has 11 nitrogen and oxygen atoms in total. The summed E-state index contributed by atoms with van der Waals surface area (Å²) >= 11 is 0. The maximum atomic E-state index is 13.6. The van der Waals surface area contributed by atoms with Crippen LogP contribution in [0.1, 0.15) is 75.4 Å². The predicted molar refractivity (Wildman–Crippen MR) is 214 cm³/mol. The van der Waals surface area contributed by atoms with Crippen LogP contribution in [0.2, 0.25) is 0 Å². The van der Waals surface area contributed by atoms with Gasteiger partial charge in [0.25, 0.3) is 11.8 Å². The average molecular weight is 729 g/mol. The molecule has 7 rings (SSSR count). The van der Waals surface area contributed by atoms with Crippen molar-refractivity contribution in [3.8, 4) is 11.1 Å². The van der Waals surface area contributed by atoms with E-state index in [1.165, 1.54) is 11.1 Å². The number of carbonyl (C=O) groups is 2. The van der Waals surface area contributed by atoms with E-state index in [0.29, 0.717) is 37.2 Å². The second kappa shape index (κ2) is 17.4. The van der Waals surface area contributed by atoms with Crippen molar-refractivity contribution in [1.82, 2.24) is 35.6 Å². The smallest absolute Gasteiger partial charge is 0.251 e. The summed E-state index contributed by atoms with van der Waals surface area (Å²) in [4.78, 5) is 34.5. The zero-order valence-corrected chi connectivity index (χ0v) is 31.7. The van der Waals surface area contributed by atoms with Gasteiger partial charge in [-0.05, 0) is 85.7 Å². The van der Waals surface area contributed by atoms with Crippen molar-refractivity contribution in [1.29, 1.82) is 0 Å². The summed E-state index contributed by atoms with van der Waals surface area (Å²) in [5, 5.41) is 18.9. The Morgan fingerprint density at radius 1 is 0.870 bits per heavy atom. The summed E-state index contributed by atoms with van der Waals surface area (Å²) < 4.78 is 7.52. The molecule has 2 aromatic heterocycles. The maximum Gasteiger partial charge on any atom is 0.251 e. The van der Waals surface area contributed by atoms with Crippen LogP contribution in [0, 0.1) is 6.92 Å². The number of nitrogens with one attached hydrogen (secondary N) is 4. The van der Waals surface area contributed by atoms with Crippen molar-refractivity contribution in [2.45, 2.75) is 72.3 Å². The summed E-state index contributed by atoms with van der Waals surface area (Å²) in [5.74, 6) is -0.486. The van der Waals surface area contributed by atoms with Crippen molar-refractivity contribution < 1.29 is 14.3 Å². The van der Waals surface area contributed by atoms with Gasteiger partial charge in [-0.25, -0.2) is 9.67 Å². The highest BCUT2D eigenvalue weighted by Gasteiger charge is 2.22. The predicted octanol–water partition coefficient (Wildman–Crippen LogP) is 5.85. The van der Waals surface area contributed by atoms with E-state index in [9.17, 15) is 9.59 Å². The van der Waals surface area contributed by atoms with E-state index in [-0.39, 0.29) is 17.9 Å². The monoisotopic (exact) mass is 728 g/mol. The first kappa shape index (κ1) is 37.2. The molecule has 0 unspecified atom stereocenters. The lowest BCUT2D eigenvalue weighted by atomic mass is 9.98. The van der Waals surface area contributed by atoms with Gasteiger partial charge in [-0.3, -0.25) is 14.5 Å². The standard InChI is InChI=1S/C43H52N8O3/c1-4-39-37(40(48-36-12-18-54-19-13-36)38-27-47-51(5-2)41(38)49-39)26-46-43(53)34-11-7-10-33(24-34)42(52)45-25-31-20-29(3)21-35(23-31)32-9-6-8-30(22-32)28-50-16-14-44-15-17-50/h6-11,20-24,27,36,44H,4-5,12-19,25-26,28H2,1-3H3,(H,45,52)(H,46,53)(H,48,49). The summed E-state index contributed by atoms with van der Waals surface area (Å²) in [6, 6.07) is 22.3. The second-order valence-corrected chi connectivity index (χ2v) is 14.4. The van der Waals surface area contributed by atoms with Crippen LogP contribution in [-0.4, -0.2) is 76.9 Å². The third-order valence-electron chi connectivity index (χ3n) is 10.5. The van der Waals surface area contributed by atoms with Crippen molar-refractivity contribution >= 4 is 28.5 Å². The number of aryl methyl sites for hydroxylation is 3. The first-order valence-electron chi connectivity index (χ1n) is 19.4. The Morgan fingerprint density at radius 2 is 1.59 bits per heavy atom. The highest BCUT2D eigenvalue weighted by atomic mass is 16.5. The zero-order chi connectivity index (χ0) is 37.4. The molecule has 54 heavy (non-hydrogen) atoms. The van der Waals surface area contributed by atoms with Crippen molar-refractivity contribution in [2.75, 3.05) is 44.7 Å². The number of ether oxygens (including phenoxy) is 1. The number of benzene rings is 3. The number of pyridine rings is 1. The second-order valence-electron chi connectivity index (χ2n) is 14.4. The number of rotatable bonds is 13. The Labute approximate surface area is 317 Å². The normalized spacial score (nSPS) is 15.3. The highest BCUT2D eigenvalue weighted by molar-refractivity contribution is 6.00. The number of nitrogens with zero attached hydrogens (tertiary/aromatic N) is 4. The third kappa shape index (κ3) is 8.81. The molecule has 0 spiro atoms. The van der Waals surface area contributed by atoms with E-state index < -0.39 is 0 Å². The van der Waals surface area contributed by atoms with Crippen LogP contribution in [0.3, 0.4) is 0 Å². The molecule has 2 saturated heterocycles. The minimum atomic E-state index is -0.254. The van der Waals surface area contributed by atoms with Gasteiger partial charge in [-0.2, -0.15) is 5.10 Å². The van der Waals surface area contributed by atoms with Crippen molar-refractivity contribution in [2.24, 2.45) is 0 Å². The summed E-state index contributed by atoms with van der Waals surface area (Å²) in [6.45, 7) is 14.2. The minimum absolute atomic E-state index is 0.232. The highest BCUT2D eigenvalue weighted by Crippen LogP contribution is 2.31. The Bertz CT molecular complexity index is 2100. The fraction of sp³-hybridized carbons (Fsp3) is 0.395. The fourth-order valence-corrected chi connectivity index (χ4v) is 7.57. The van der Waals surface area contributed by atoms with Gasteiger partial charge in [-0.1, -0.05) is 48.9 Å². The Balaban J connectivity index is 1.02. The SMILES string of the molecule is CCc1nc2c(cnn2CC)c(NC2CCOCC2)c1CNC(=O)c1cccc(C(=O)NCc2cc(C)cc(-c3cccc(CN4CCNCC4)c3)c2)c1. The van der Waals surface area contributed by atoms with Gasteiger partial charge in [-0.15, -0.1) is 0 Å². The number of piperazine rings is 1. The zero-order valence-electron chi connectivity index (χ0n) is 31.7. The summed E-state index contributed by atoms with van der Waals surface area (Å²) in [7, 11) is 0. The van der Waals surface area contributed by atoms with Gasteiger partial charge in [0.1, 0.15) is 0 Å². The molecule has 2 amide bonds. The molecule has 2 aliphatic heterocycles.